The predicted molar refractivity (Wildman–Crippen MR) is 67.9 cm³/mol. The third kappa shape index (κ3) is 3.64. The lowest BCUT2D eigenvalue weighted by molar-refractivity contribution is -0.384. The minimum atomic E-state index is -0.986. The second kappa shape index (κ2) is 6.12. The van der Waals surface area contributed by atoms with Gasteiger partial charge in [-0.05, 0) is 25.5 Å². The molecule has 7 heteroatoms. The Balaban J connectivity index is 3.17. The fraction of sp³-hybridized carbons (Fsp3) is 0.417. The molecule has 104 valence electrons. The van der Waals surface area contributed by atoms with Gasteiger partial charge < -0.3 is 10.0 Å². The Labute approximate surface area is 109 Å². The summed E-state index contributed by atoms with van der Waals surface area (Å²) in [5, 5.41) is 19.6. The molecule has 0 saturated heterocycles. The summed E-state index contributed by atoms with van der Waals surface area (Å²) >= 11 is 0. The molecule has 0 spiro atoms. The molecule has 0 radical (unpaired) electrons. The fourth-order valence-corrected chi connectivity index (χ4v) is 1.73. The highest BCUT2D eigenvalue weighted by Gasteiger charge is 2.21. The predicted octanol–water partition coefficient (Wildman–Crippen LogP) is 2.34. The quantitative estimate of drug-likeness (QED) is 0.633. The summed E-state index contributed by atoms with van der Waals surface area (Å²) in [6, 6.07) is 2.24. The number of rotatable bonds is 6. The Morgan fingerprint density at radius 3 is 2.63 bits per heavy atom. The van der Waals surface area contributed by atoms with Crippen molar-refractivity contribution < 1.29 is 19.2 Å². The SMILES string of the molecule is CCN(CCC(=O)O)c1cc(C)c(F)cc1[N+](=O)[O-]. The summed E-state index contributed by atoms with van der Waals surface area (Å²) in [6.07, 6.45) is -0.137. The number of carboxylic acids is 1. The monoisotopic (exact) mass is 270 g/mol. The van der Waals surface area contributed by atoms with Gasteiger partial charge in [-0.2, -0.15) is 0 Å². The molecule has 0 aliphatic heterocycles. The summed E-state index contributed by atoms with van der Waals surface area (Å²) in [4.78, 5) is 22.4. The second-order valence-electron chi connectivity index (χ2n) is 4.07. The van der Waals surface area contributed by atoms with Crippen LogP contribution in [0.15, 0.2) is 12.1 Å². The molecule has 0 aliphatic carbocycles. The first-order chi connectivity index (χ1) is 8.86. The van der Waals surface area contributed by atoms with Crippen molar-refractivity contribution in [2.24, 2.45) is 0 Å². The van der Waals surface area contributed by atoms with Crippen LogP contribution in [0.3, 0.4) is 0 Å². The molecule has 1 rings (SSSR count). The second-order valence-corrected chi connectivity index (χ2v) is 4.07. The Kier molecular flexibility index (Phi) is 4.80. The molecule has 0 aromatic heterocycles. The average molecular weight is 270 g/mol. The molecule has 0 unspecified atom stereocenters. The van der Waals surface area contributed by atoms with Gasteiger partial charge in [-0.1, -0.05) is 0 Å². The Bertz CT molecular complexity index is 505. The van der Waals surface area contributed by atoms with E-state index < -0.39 is 16.7 Å². The van der Waals surface area contributed by atoms with E-state index in [4.69, 9.17) is 5.11 Å². The minimum absolute atomic E-state index is 0.137. The van der Waals surface area contributed by atoms with E-state index in [0.29, 0.717) is 6.54 Å². The lowest BCUT2D eigenvalue weighted by atomic mass is 10.1. The smallest absolute Gasteiger partial charge is 0.305 e. The highest BCUT2D eigenvalue weighted by Crippen LogP contribution is 2.30. The van der Waals surface area contributed by atoms with Crippen molar-refractivity contribution in [3.63, 3.8) is 0 Å². The van der Waals surface area contributed by atoms with Crippen LogP contribution in [0.1, 0.15) is 18.9 Å². The molecule has 1 aromatic rings. The van der Waals surface area contributed by atoms with Crippen LogP contribution in [0, 0.1) is 22.9 Å². The summed E-state index contributed by atoms with van der Waals surface area (Å²) in [6.45, 7) is 3.80. The van der Waals surface area contributed by atoms with Gasteiger partial charge in [0.1, 0.15) is 11.5 Å². The van der Waals surface area contributed by atoms with E-state index in [1.807, 2.05) is 0 Å². The maximum atomic E-state index is 13.4. The van der Waals surface area contributed by atoms with Crippen molar-refractivity contribution in [2.75, 3.05) is 18.0 Å². The maximum Gasteiger partial charge on any atom is 0.305 e. The van der Waals surface area contributed by atoms with Crippen molar-refractivity contribution in [1.29, 1.82) is 0 Å². The molecule has 1 aromatic carbocycles. The highest BCUT2D eigenvalue weighted by molar-refractivity contribution is 5.69. The number of hydrogen-bond acceptors (Lipinski definition) is 4. The number of anilines is 1. The topological polar surface area (TPSA) is 83.7 Å². The Hall–Kier alpha value is -2.18. The number of nitrogens with zero attached hydrogens (tertiary/aromatic N) is 2. The maximum absolute atomic E-state index is 13.4. The van der Waals surface area contributed by atoms with Crippen LogP contribution >= 0.6 is 0 Å². The van der Waals surface area contributed by atoms with Crippen LogP contribution in [0.4, 0.5) is 15.8 Å². The number of benzene rings is 1. The van der Waals surface area contributed by atoms with Gasteiger partial charge in [0.2, 0.25) is 0 Å². The first-order valence-corrected chi connectivity index (χ1v) is 5.78. The van der Waals surface area contributed by atoms with Gasteiger partial charge in [-0.15, -0.1) is 0 Å². The highest BCUT2D eigenvalue weighted by atomic mass is 19.1. The molecule has 6 nitrogen and oxygen atoms in total. The third-order valence-corrected chi connectivity index (χ3v) is 2.77. The number of aryl methyl sites for hydroxylation is 1. The van der Waals surface area contributed by atoms with Gasteiger partial charge in [-0.25, -0.2) is 4.39 Å². The molecule has 1 N–H and O–H groups in total. The largest absolute Gasteiger partial charge is 0.481 e. The standard InChI is InChI=1S/C12H15FN2O4/c1-3-14(5-4-12(16)17)10-6-8(2)9(13)7-11(10)15(18)19/h6-7H,3-5H2,1-2H3,(H,16,17). The van der Waals surface area contributed by atoms with E-state index >= 15 is 0 Å². The van der Waals surface area contributed by atoms with Gasteiger partial charge in [0, 0.05) is 13.1 Å². The van der Waals surface area contributed by atoms with Crippen LogP contribution in [0.5, 0.6) is 0 Å². The summed E-state index contributed by atoms with van der Waals surface area (Å²) in [5.41, 5.74) is 0.178. The number of nitro benzene ring substituents is 1. The third-order valence-electron chi connectivity index (χ3n) is 2.77. The molecule has 0 amide bonds. The summed E-state index contributed by atoms with van der Waals surface area (Å²) < 4.78 is 13.4. The van der Waals surface area contributed by atoms with Gasteiger partial charge in [0.15, 0.2) is 0 Å². The van der Waals surface area contributed by atoms with E-state index in [9.17, 15) is 19.3 Å². The molecule has 0 atom stereocenters. The summed E-state index contributed by atoms with van der Waals surface area (Å²) in [5.74, 6) is -1.63. The first kappa shape index (κ1) is 14.9. The van der Waals surface area contributed by atoms with Gasteiger partial charge >= 0.3 is 5.97 Å². The first-order valence-electron chi connectivity index (χ1n) is 5.78. The van der Waals surface area contributed by atoms with E-state index in [1.165, 1.54) is 13.0 Å². The lowest BCUT2D eigenvalue weighted by Gasteiger charge is -2.22. The molecule has 19 heavy (non-hydrogen) atoms. The van der Waals surface area contributed by atoms with Crippen LogP contribution in [-0.4, -0.2) is 29.1 Å². The zero-order valence-electron chi connectivity index (χ0n) is 10.7. The van der Waals surface area contributed by atoms with Crippen molar-refractivity contribution in [3.05, 3.63) is 33.6 Å². The van der Waals surface area contributed by atoms with Crippen molar-refractivity contribution in [1.82, 2.24) is 0 Å². The van der Waals surface area contributed by atoms with Gasteiger partial charge in [0.05, 0.1) is 17.4 Å². The van der Waals surface area contributed by atoms with E-state index in [-0.39, 0.29) is 29.9 Å². The van der Waals surface area contributed by atoms with Gasteiger partial charge in [0.25, 0.3) is 5.69 Å². The van der Waals surface area contributed by atoms with Gasteiger partial charge in [-0.3, -0.25) is 14.9 Å². The average Bonchev–Trinajstić information content (AvgIpc) is 2.33. The molecule has 0 bridgehead atoms. The summed E-state index contributed by atoms with van der Waals surface area (Å²) in [7, 11) is 0. The number of nitro groups is 1. The molecular formula is C12H15FN2O4. The molecule has 0 saturated carbocycles. The molecular weight excluding hydrogens is 255 g/mol. The minimum Gasteiger partial charge on any atom is -0.481 e. The van der Waals surface area contributed by atoms with Crippen molar-refractivity contribution >= 4 is 17.3 Å². The molecule has 0 heterocycles. The number of carboxylic acid groups (broad SMARTS) is 1. The van der Waals surface area contributed by atoms with E-state index in [1.54, 1.807) is 11.8 Å². The number of aliphatic carboxylic acids is 1. The molecule has 0 aliphatic rings. The zero-order valence-corrected chi connectivity index (χ0v) is 10.7. The van der Waals surface area contributed by atoms with Crippen molar-refractivity contribution in [2.45, 2.75) is 20.3 Å². The van der Waals surface area contributed by atoms with E-state index in [0.717, 1.165) is 6.07 Å². The number of halogens is 1. The normalized spacial score (nSPS) is 10.3. The Morgan fingerprint density at radius 2 is 2.16 bits per heavy atom. The van der Waals surface area contributed by atoms with Crippen LogP contribution in [0.25, 0.3) is 0 Å². The fourth-order valence-electron chi connectivity index (χ4n) is 1.73. The Morgan fingerprint density at radius 1 is 1.53 bits per heavy atom. The van der Waals surface area contributed by atoms with Crippen LogP contribution < -0.4 is 4.90 Å². The lowest BCUT2D eigenvalue weighted by Crippen LogP contribution is -2.26. The number of hydrogen-bond donors (Lipinski definition) is 1. The zero-order chi connectivity index (χ0) is 14.6. The number of carbonyl (C=O) groups is 1. The van der Waals surface area contributed by atoms with Crippen LogP contribution in [-0.2, 0) is 4.79 Å². The van der Waals surface area contributed by atoms with E-state index in [2.05, 4.69) is 0 Å². The molecule has 0 fully saturated rings. The van der Waals surface area contributed by atoms with Crippen LogP contribution in [0.2, 0.25) is 0 Å². The van der Waals surface area contributed by atoms with Crippen molar-refractivity contribution in [3.8, 4) is 0 Å².